The van der Waals surface area contributed by atoms with Gasteiger partial charge in [0.2, 0.25) is 0 Å². The molecule has 2 aromatic carbocycles. The highest BCUT2D eigenvalue weighted by atomic mass is 35.5. The maximum absolute atomic E-state index is 6.14. The van der Waals surface area contributed by atoms with Crippen LogP contribution in [0.1, 0.15) is 0 Å². The summed E-state index contributed by atoms with van der Waals surface area (Å²) in [6.45, 7) is 0. The van der Waals surface area contributed by atoms with E-state index in [1.165, 1.54) is 0 Å². The Morgan fingerprint density at radius 2 is 1.69 bits per heavy atom. The van der Waals surface area contributed by atoms with Crippen molar-refractivity contribution >= 4 is 45.8 Å². The molecule has 0 aliphatic rings. The molecule has 0 N–H and O–H groups in total. The number of halogens is 1. The van der Waals surface area contributed by atoms with Gasteiger partial charge in [0.05, 0.1) is 14.9 Å². The second-order valence-corrected chi connectivity index (χ2v) is 4.36. The minimum absolute atomic E-state index is 0.636. The van der Waals surface area contributed by atoms with Crippen LogP contribution in [0, 0.1) is 4.51 Å². The van der Waals surface area contributed by atoms with Gasteiger partial charge in [-0.05, 0) is 24.3 Å². The third kappa shape index (κ3) is 1.34. The van der Waals surface area contributed by atoms with Crippen molar-refractivity contribution in [1.82, 2.24) is 0 Å². The van der Waals surface area contributed by atoms with Crippen molar-refractivity contribution < 1.29 is 4.42 Å². The van der Waals surface area contributed by atoms with E-state index in [1.54, 1.807) is 0 Å². The average molecular weight is 247 g/mol. The summed E-state index contributed by atoms with van der Waals surface area (Å²) >= 11 is 11.6. The molecule has 0 saturated carbocycles. The highest BCUT2D eigenvalue weighted by Crippen LogP contribution is 2.29. The smallest absolute Gasteiger partial charge is 0.137 e. The summed E-state index contributed by atoms with van der Waals surface area (Å²) in [7, 11) is 0. The lowest BCUT2D eigenvalue weighted by Gasteiger charge is -2.03. The molecule has 3 heteroatoms. The normalized spacial score (nSPS) is 11.1. The quantitative estimate of drug-likeness (QED) is 0.410. The Bertz CT molecular complexity index is 746. The van der Waals surface area contributed by atoms with Gasteiger partial charge < -0.3 is 4.42 Å². The monoisotopic (exact) mass is 246 g/mol. The standard InChI is InChI=1S/C13H7ClOS/c14-9-5-3-7-11-12(9)13(16)8-4-1-2-6-10(8)15-11/h1-7H. The first-order valence-electron chi connectivity index (χ1n) is 4.87. The Morgan fingerprint density at radius 3 is 2.56 bits per heavy atom. The molecule has 0 aliphatic heterocycles. The predicted molar refractivity (Wildman–Crippen MR) is 69.6 cm³/mol. The van der Waals surface area contributed by atoms with Gasteiger partial charge in [-0.1, -0.05) is 42.0 Å². The van der Waals surface area contributed by atoms with Gasteiger partial charge in [0.15, 0.2) is 0 Å². The molecule has 0 radical (unpaired) electrons. The van der Waals surface area contributed by atoms with Crippen molar-refractivity contribution in [2.75, 3.05) is 0 Å². The van der Waals surface area contributed by atoms with E-state index in [0.29, 0.717) is 5.02 Å². The molecule has 0 spiro atoms. The topological polar surface area (TPSA) is 13.1 Å². The van der Waals surface area contributed by atoms with Gasteiger partial charge in [-0.25, -0.2) is 0 Å². The number of fused-ring (bicyclic) bond motifs is 2. The molecular weight excluding hydrogens is 240 g/mol. The fourth-order valence-corrected chi connectivity index (χ4v) is 2.50. The van der Waals surface area contributed by atoms with Crippen LogP contribution in [0.2, 0.25) is 5.02 Å². The van der Waals surface area contributed by atoms with Gasteiger partial charge in [0.25, 0.3) is 0 Å². The van der Waals surface area contributed by atoms with E-state index in [4.69, 9.17) is 28.2 Å². The maximum atomic E-state index is 6.14. The van der Waals surface area contributed by atoms with Crippen molar-refractivity contribution in [1.29, 1.82) is 0 Å². The van der Waals surface area contributed by atoms with Crippen molar-refractivity contribution in [3.8, 4) is 0 Å². The number of hydrogen-bond acceptors (Lipinski definition) is 2. The van der Waals surface area contributed by atoms with Crippen LogP contribution in [0.5, 0.6) is 0 Å². The van der Waals surface area contributed by atoms with Crippen molar-refractivity contribution in [3.63, 3.8) is 0 Å². The summed E-state index contributed by atoms with van der Waals surface area (Å²) in [5.41, 5.74) is 1.53. The van der Waals surface area contributed by atoms with Gasteiger partial charge in [-0.2, -0.15) is 0 Å². The molecule has 0 bridgehead atoms. The van der Waals surface area contributed by atoms with E-state index in [-0.39, 0.29) is 0 Å². The summed E-state index contributed by atoms with van der Waals surface area (Å²) in [5.74, 6) is 0. The van der Waals surface area contributed by atoms with E-state index in [0.717, 1.165) is 26.4 Å². The zero-order valence-electron chi connectivity index (χ0n) is 8.24. The fraction of sp³-hybridized carbons (Fsp3) is 0. The van der Waals surface area contributed by atoms with Gasteiger partial charge in [0, 0.05) is 5.39 Å². The number of benzene rings is 2. The summed E-state index contributed by atoms with van der Waals surface area (Å²) in [6, 6.07) is 13.3. The van der Waals surface area contributed by atoms with Crippen molar-refractivity contribution in [3.05, 3.63) is 52.0 Å². The minimum Gasteiger partial charge on any atom is -0.456 e. The van der Waals surface area contributed by atoms with Crippen LogP contribution in [0.15, 0.2) is 46.9 Å². The predicted octanol–water partition coefficient (Wildman–Crippen LogP) is 4.97. The van der Waals surface area contributed by atoms with Gasteiger partial charge in [0.1, 0.15) is 11.2 Å². The van der Waals surface area contributed by atoms with Crippen LogP contribution in [0.4, 0.5) is 0 Å². The number of rotatable bonds is 0. The Balaban J connectivity index is 2.67. The summed E-state index contributed by atoms with van der Waals surface area (Å²) in [5, 5.41) is 2.38. The highest BCUT2D eigenvalue weighted by molar-refractivity contribution is 7.72. The molecule has 0 aliphatic carbocycles. The molecule has 16 heavy (non-hydrogen) atoms. The van der Waals surface area contributed by atoms with Crippen LogP contribution >= 0.6 is 23.8 Å². The minimum atomic E-state index is 0.636. The molecule has 1 aromatic heterocycles. The summed E-state index contributed by atoms with van der Waals surface area (Å²) in [6.07, 6.45) is 0. The Labute approximate surface area is 102 Å². The Hall–Kier alpha value is -1.38. The largest absolute Gasteiger partial charge is 0.456 e. The zero-order chi connectivity index (χ0) is 11.1. The molecule has 0 amide bonds. The van der Waals surface area contributed by atoms with Crippen molar-refractivity contribution in [2.45, 2.75) is 0 Å². The zero-order valence-corrected chi connectivity index (χ0v) is 9.81. The third-order valence-electron chi connectivity index (χ3n) is 2.55. The van der Waals surface area contributed by atoms with E-state index in [1.807, 2.05) is 42.5 Å². The first-order valence-corrected chi connectivity index (χ1v) is 5.66. The highest BCUT2D eigenvalue weighted by Gasteiger charge is 2.06. The summed E-state index contributed by atoms with van der Waals surface area (Å²) in [4.78, 5) is 0. The van der Waals surface area contributed by atoms with Crippen LogP contribution in [0.3, 0.4) is 0 Å². The lowest BCUT2D eigenvalue weighted by Crippen LogP contribution is -1.79. The second kappa shape index (κ2) is 3.58. The lowest BCUT2D eigenvalue weighted by atomic mass is 10.1. The molecular formula is C13H7ClOS. The van der Waals surface area contributed by atoms with Gasteiger partial charge in [-0.3, -0.25) is 0 Å². The average Bonchev–Trinajstić information content (AvgIpc) is 2.29. The van der Waals surface area contributed by atoms with Crippen LogP contribution in [-0.4, -0.2) is 0 Å². The molecule has 0 atom stereocenters. The molecule has 1 nitrogen and oxygen atoms in total. The van der Waals surface area contributed by atoms with Crippen LogP contribution < -0.4 is 0 Å². The molecule has 1 heterocycles. The van der Waals surface area contributed by atoms with Crippen molar-refractivity contribution in [2.24, 2.45) is 0 Å². The molecule has 78 valence electrons. The SMILES string of the molecule is S=c1c2ccccc2oc2cccc(Cl)c12. The number of hydrogen-bond donors (Lipinski definition) is 0. The van der Waals surface area contributed by atoms with E-state index >= 15 is 0 Å². The van der Waals surface area contributed by atoms with E-state index < -0.39 is 0 Å². The lowest BCUT2D eigenvalue weighted by molar-refractivity contribution is 0.660. The molecule has 3 rings (SSSR count). The van der Waals surface area contributed by atoms with Gasteiger partial charge >= 0.3 is 0 Å². The maximum Gasteiger partial charge on any atom is 0.137 e. The Morgan fingerprint density at radius 1 is 0.938 bits per heavy atom. The van der Waals surface area contributed by atoms with Gasteiger partial charge in [-0.15, -0.1) is 0 Å². The third-order valence-corrected chi connectivity index (χ3v) is 3.29. The molecule has 3 aromatic rings. The molecule has 0 fully saturated rings. The summed E-state index contributed by atoms with van der Waals surface area (Å²) < 4.78 is 6.51. The van der Waals surface area contributed by atoms with Crippen LogP contribution in [-0.2, 0) is 0 Å². The van der Waals surface area contributed by atoms with E-state index in [2.05, 4.69) is 0 Å². The number of para-hydroxylation sites is 1. The first kappa shape index (κ1) is 9.82. The first-order chi connectivity index (χ1) is 7.77. The fourth-order valence-electron chi connectivity index (χ4n) is 1.81. The van der Waals surface area contributed by atoms with Crippen LogP contribution in [0.25, 0.3) is 21.9 Å². The molecule has 0 unspecified atom stereocenters. The van der Waals surface area contributed by atoms with E-state index in [9.17, 15) is 0 Å². The second-order valence-electron chi connectivity index (χ2n) is 3.54. The Kier molecular flexibility index (Phi) is 2.20. The molecule has 0 saturated heterocycles.